The van der Waals surface area contributed by atoms with Crippen LogP contribution >= 0.6 is 0 Å². The van der Waals surface area contributed by atoms with Crippen LogP contribution in [-0.4, -0.2) is 14.2 Å². The molecule has 0 saturated heterocycles. The van der Waals surface area contributed by atoms with Crippen molar-refractivity contribution in [1.82, 2.24) is 0 Å². The molecular weight excluding hydrogens is 208 g/mol. The molecule has 0 spiro atoms. The molecule has 0 aromatic carbocycles. The van der Waals surface area contributed by atoms with Crippen molar-refractivity contribution in [2.75, 3.05) is 0 Å². The second kappa shape index (κ2) is 16.4. The molecule has 26 valence electrons. The molecule has 0 aromatic rings. The Balaban J connectivity index is -0.0000000150. The number of hydrogen-bond acceptors (Lipinski definition) is 3. The molecule has 0 aromatic heterocycles. The zero-order valence-electron chi connectivity index (χ0n) is 4.67. The molecule has 0 atom stereocenters. The molecule has 0 bridgehead atoms. The minimum atomic E-state index is -3.10. The van der Waals surface area contributed by atoms with Gasteiger partial charge in [0, 0.05) is 0 Å². The SMILES string of the molecule is [Na+].[Na+].[Na+].[O-][As]([O-])[S-]. The Labute approximate surface area is 119 Å². The van der Waals surface area contributed by atoms with Crippen LogP contribution in [-0.2, 0) is 10.9 Å². The second-order valence-electron chi connectivity index (χ2n) is 0.224. The van der Waals surface area contributed by atoms with E-state index in [4.69, 9.17) is 8.19 Å². The molecule has 2 nitrogen and oxygen atoms in total. The van der Waals surface area contributed by atoms with Gasteiger partial charge in [0.15, 0.2) is 0 Å². The average Bonchev–Trinajstić information content (AvgIpc) is 0.811. The third-order valence-corrected chi connectivity index (χ3v) is 0. The van der Waals surface area contributed by atoms with Crippen molar-refractivity contribution in [3.63, 3.8) is 0 Å². The van der Waals surface area contributed by atoms with E-state index in [0.717, 1.165) is 0 Å². The van der Waals surface area contributed by atoms with Gasteiger partial charge in [-0.3, -0.25) is 0 Å². The maximum atomic E-state index is 8.93. The molecule has 7 heavy (non-hydrogen) atoms. The summed E-state index contributed by atoms with van der Waals surface area (Å²) in [7, 11) is 3.66. The Morgan fingerprint density at radius 3 is 1.00 bits per heavy atom. The summed E-state index contributed by atoms with van der Waals surface area (Å²) in [4.78, 5) is 0. The van der Waals surface area contributed by atoms with Gasteiger partial charge in [-0.25, -0.2) is 0 Å². The number of rotatable bonds is 0. The van der Waals surface area contributed by atoms with Crippen LogP contribution in [0.4, 0.5) is 0 Å². The predicted octanol–water partition coefficient (Wildman–Crippen LogP) is -11.7. The Hall–Kier alpha value is 3.83. The topological polar surface area (TPSA) is 46.1 Å². The molecule has 0 amide bonds. The molecule has 7 heteroatoms. The first kappa shape index (κ1) is 22.4. The van der Waals surface area contributed by atoms with E-state index < -0.39 is 14.2 Å². The zero-order chi connectivity index (χ0) is 3.58. The van der Waals surface area contributed by atoms with Crippen LogP contribution in [0, 0.1) is 0 Å². The van der Waals surface area contributed by atoms with Gasteiger partial charge in [-0.2, -0.15) is 0 Å². The first-order valence-electron chi connectivity index (χ1n) is 0.548. The predicted molar refractivity (Wildman–Crippen MR) is 13.1 cm³/mol. The summed E-state index contributed by atoms with van der Waals surface area (Å²) in [6, 6.07) is 0. The van der Waals surface area contributed by atoms with Gasteiger partial charge in [0.05, 0.1) is 0 Å². The summed E-state index contributed by atoms with van der Waals surface area (Å²) in [5, 5.41) is 0. The molecule has 0 aliphatic carbocycles. The molecule has 0 aliphatic rings. The molecule has 0 aliphatic heterocycles. The second-order valence-corrected chi connectivity index (χ2v) is 2.71. The number of hydrogen-bond donors (Lipinski definition) is 0. The maximum absolute atomic E-state index is 8.93. The van der Waals surface area contributed by atoms with Crippen molar-refractivity contribution in [2.45, 2.75) is 0 Å². The third kappa shape index (κ3) is 41.1. The van der Waals surface area contributed by atoms with Gasteiger partial charge in [-0.15, -0.1) is 0 Å². The van der Waals surface area contributed by atoms with Crippen molar-refractivity contribution in [1.29, 1.82) is 0 Å². The minimum absolute atomic E-state index is 0. The standard InChI is InChI=1S/AsO2S.3Na/c2-1(3)4;;;/q-3;3*+1. The van der Waals surface area contributed by atoms with E-state index >= 15 is 0 Å². The molecule has 0 rings (SSSR count). The normalized spacial score (nSPS) is 5.14. The molecule has 0 saturated carbocycles. The van der Waals surface area contributed by atoms with Crippen LogP contribution in [0.2, 0.25) is 0 Å². The third-order valence-electron chi connectivity index (χ3n) is 0. The van der Waals surface area contributed by atoms with Gasteiger partial charge in [-0.1, -0.05) is 0 Å². The molecule has 0 unspecified atom stereocenters. The van der Waals surface area contributed by atoms with Gasteiger partial charge in [0.1, 0.15) is 0 Å². The Kier molecular flexibility index (Phi) is 52.7. The summed E-state index contributed by atoms with van der Waals surface area (Å²) in [6.07, 6.45) is 0. The quantitative estimate of drug-likeness (QED) is 0.293. The van der Waals surface area contributed by atoms with E-state index in [1.165, 1.54) is 0 Å². The Morgan fingerprint density at radius 2 is 1.00 bits per heavy atom. The van der Waals surface area contributed by atoms with Gasteiger partial charge < -0.3 is 0 Å². The molecule has 0 radical (unpaired) electrons. The Morgan fingerprint density at radius 1 is 1.00 bits per heavy atom. The Bertz CT molecular complexity index is 17.7. The monoisotopic (exact) mass is 208 g/mol. The van der Waals surface area contributed by atoms with E-state index in [1.807, 2.05) is 0 Å². The van der Waals surface area contributed by atoms with E-state index in [9.17, 15) is 0 Å². The van der Waals surface area contributed by atoms with Gasteiger partial charge in [0.2, 0.25) is 0 Å². The van der Waals surface area contributed by atoms with Crippen LogP contribution < -0.4 is 96.9 Å². The molecule has 0 N–H and O–H groups in total. The van der Waals surface area contributed by atoms with Crippen molar-refractivity contribution in [3.8, 4) is 0 Å². The van der Waals surface area contributed by atoms with E-state index in [0.29, 0.717) is 0 Å². The van der Waals surface area contributed by atoms with Gasteiger partial charge >= 0.3 is 122 Å². The van der Waals surface area contributed by atoms with Crippen LogP contribution in [0.5, 0.6) is 0 Å². The van der Waals surface area contributed by atoms with Crippen LogP contribution in [0.3, 0.4) is 0 Å². The van der Waals surface area contributed by atoms with Crippen molar-refractivity contribution >= 4 is 25.1 Å². The van der Waals surface area contributed by atoms with Crippen molar-refractivity contribution in [2.24, 2.45) is 0 Å². The van der Waals surface area contributed by atoms with E-state index in [2.05, 4.69) is 10.9 Å². The molecule has 0 fully saturated rings. The van der Waals surface area contributed by atoms with Gasteiger partial charge in [0.25, 0.3) is 0 Å². The van der Waals surface area contributed by atoms with Crippen LogP contribution in [0.1, 0.15) is 0 Å². The molecule has 0 heterocycles. The fourth-order valence-corrected chi connectivity index (χ4v) is 0. The van der Waals surface area contributed by atoms with Gasteiger partial charge in [-0.05, 0) is 0 Å². The van der Waals surface area contributed by atoms with Crippen LogP contribution in [0.25, 0.3) is 0 Å². The van der Waals surface area contributed by atoms with E-state index in [-0.39, 0.29) is 88.7 Å². The van der Waals surface area contributed by atoms with E-state index in [1.54, 1.807) is 0 Å². The first-order chi connectivity index (χ1) is 1.73. The van der Waals surface area contributed by atoms with Crippen molar-refractivity contribution < 1.29 is 96.9 Å². The van der Waals surface area contributed by atoms with Crippen LogP contribution in [0.15, 0.2) is 0 Å². The first-order valence-corrected chi connectivity index (χ1v) is 4.74. The average molecular weight is 208 g/mol. The fraction of sp³-hybridized carbons (Fsp3) is 0. The fourth-order valence-electron chi connectivity index (χ4n) is 0. The zero-order valence-corrected chi connectivity index (χ0v) is 13.4. The summed E-state index contributed by atoms with van der Waals surface area (Å²) in [5.41, 5.74) is 0. The summed E-state index contributed by atoms with van der Waals surface area (Å²) in [5.74, 6) is 0. The summed E-state index contributed by atoms with van der Waals surface area (Å²) >= 11 is -3.10. The summed E-state index contributed by atoms with van der Waals surface area (Å²) in [6.45, 7) is 0. The summed E-state index contributed by atoms with van der Waals surface area (Å²) < 4.78 is 17.9. The van der Waals surface area contributed by atoms with Crippen molar-refractivity contribution in [3.05, 3.63) is 0 Å². The molecular formula is AsNa3O2S.